The Morgan fingerprint density at radius 3 is 2.42 bits per heavy atom. The van der Waals surface area contributed by atoms with Gasteiger partial charge in [0.05, 0.1) is 6.04 Å². The molecule has 3 heteroatoms. The molecule has 0 N–H and O–H groups in total. The van der Waals surface area contributed by atoms with Crippen molar-refractivity contribution in [3.05, 3.63) is 42.0 Å². The molecule has 40 heavy (non-hydrogen) atoms. The Labute approximate surface area is 245 Å². The Hall–Kier alpha value is -1.77. The molecule has 0 spiro atoms. The van der Waals surface area contributed by atoms with E-state index in [2.05, 4.69) is 82.9 Å². The number of ether oxygens (including phenoxy) is 1. The second-order valence-corrected chi connectivity index (χ2v) is 15.0. The van der Waals surface area contributed by atoms with E-state index >= 15 is 0 Å². The molecule has 0 amide bonds. The molecule has 4 aliphatic rings. The first kappa shape index (κ1) is 29.7. The number of rotatable bonds is 9. The average Bonchev–Trinajstić information content (AvgIpc) is 3.27. The minimum atomic E-state index is -0.133. The number of para-hydroxylation sites is 1. The molecule has 0 bridgehead atoms. The summed E-state index contributed by atoms with van der Waals surface area (Å²) >= 11 is 0. The van der Waals surface area contributed by atoms with Gasteiger partial charge in [0.1, 0.15) is 6.10 Å². The van der Waals surface area contributed by atoms with Crippen LogP contribution < -0.4 is 4.90 Å². The summed E-state index contributed by atoms with van der Waals surface area (Å²) in [6.07, 6.45) is 15.5. The molecule has 0 saturated heterocycles. The lowest BCUT2D eigenvalue weighted by Gasteiger charge is -2.61. The highest BCUT2D eigenvalue weighted by Crippen LogP contribution is 2.68. The summed E-state index contributed by atoms with van der Waals surface area (Å²) in [5, 5.41) is 0. The summed E-state index contributed by atoms with van der Waals surface area (Å²) in [6.45, 7) is 17.5. The summed E-state index contributed by atoms with van der Waals surface area (Å²) in [5.74, 6) is 4.54. The molecule has 0 heterocycles. The molecule has 5 rings (SSSR count). The maximum absolute atomic E-state index is 11.9. The number of hydrogen-bond donors (Lipinski definition) is 0. The molecule has 1 aromatic carbocycles. The number of nitrogens with zero attached hydrogens (tertiary/aromatic N) is 1. The van der Waals surface area contributed by atoms with Crippen molar-refractivity contribution in [1.82, 2.24) is 0 Å². The second kappa shape index (κ2) is 11.8. The van der Waals surface area contributed by atoms with Crippen molar-refractivity contribution >= 4 is 11.7 Å². The molecule has 4 aliphatic carbocycles. The van der Waals surface area contributed by atoms with Gasteiger partial charge < -0.3 is 9.64 Å². The monoisotopic (exact) mass is 547 g/mol. The van der Waals surface area contributed by atoms with Crippen LogP contribution in [0.4, 0.5) is 5.69 Å². The Balaban J connectivity index is 1.50. The topological polar surface area (TPSA) is 29.5 Å². The number of carbonyl (C=O) groups excluding carboxylic acids is 1. The molecule has 0 unspecified atom stereocenters. The SMILES string of the molecule is CCN(c1ccccc1)[C@@H]1C=C2C[C@@H](OC(C)=O)CC[C@]2(C)[C@@H]2CC[C@]3(C)[C@H](CC[C@H]3[C@H](C)CCCC(C)C)[C@@H]12. The van der Waals surface area contributed by atoms with Gasteiger partial charge in [0.15, 0.2) is 0 Å². The molecule has 3 nitrogen and oxygen atoms in total. The third-order valence-electron chi connectivity index (χ3n) is 12.4. The number of likely N-dealkylation sites (N-methyl/N-ethyl adjacent to an activating group) is 1. The summed E-state index contributed by atoms with van der Waals surface area (Å²) in [4.78, 5) is 14.6. The van der Waals surface area contributed by atoms with Crippen molar-refractivity contribution in [1.29, 1.82) is 0 Å². The van der Waals surface area contributed by atoms with E-state index in [-0.39, 0.29) is 17.5 Å². The summed E-state index contributed by atoms with van der Waals surface area (Å²) in [7, 11) is 0. The van der Waals surface area contributed by atoms with Crippen molar-refractivity contribution < 1.29 is 9.53 Å². The van der Waals surface area contributed by atoms with Gasteiger partial charge in [-0.3, -0.25) is 4.79 Å². The molecule has 3 fully saturated rings. The number of esters is 1. The zero-order valence-corrected chi connectivity index (χ0v) is 26.6. The predicted octanol–water partition coefficient (Wildman–Crippen LogP) is 9.46. The van der Waals surface area contributed by atoms with E-state index in [1.807, 2.05) is 0 Å². The van der Waals surface area contributed by atoms with Crippen molar-refractivity contribution in [3.63, 3.8) is 0 Å². The lowest BCUT2D eigenvalue weighted by molar-refractivity contribution is -0.148. The van der Waals surface area contributed by atoms with Gasteiger partial charge in [-0.25, -0.2) is 0 Å². The van der Waals surface area contributed by atoms with Gasteiger partial charge in [-0.1, -0.05) is 83.7 Å². The third-order valence-corrected chi connectivity index (χ3v) is 12.4. The van der Waals surface area contributed by atoms with Crippen molar-refractivity contribution in [2.24, 2.45) is 46.3 Å². The van der Waals surface area contributed by atoms with Crippen LogP contribution in [-0.4, -0.2) is 24.7 Å². The predicted molar refractivity (Wildman–Crippen MR) is 167 cm³/mol. The maximum atomic E-state index is 11.9. The van der Waals surface area contributed by atoms with E-state index in [1.54, 1.807) is 12.5 Å². The summed E-state index contributed by atoms with van der Waals surface area (Å²) < 4.78 is 5.81. The van der Waals surface area contributed by atoms with Crippen LogP contribution in [0.3, 0.4) is 0 Å². The second-order valence-electron chi connectivity index (χ2n) is 15.0. The molecule has 0 radical (unpaired) electrons. The van der Waals surface area contributed by atoms with Gasteiger partial charge in [0, 0.05) is 25.6 Å². The summed E-state index contributed by atoms with van der Waals surface area (Å²) in [6, 6.07) is 11.6. The fourth-order valence-electron chi connectivity index (χ4n) is 10.5. The Kier molecular flexibility index (Phi) is 8.80. The lowest BCUT2D eigenvalue weighted by atomic mass is 9.45. The maximum Gasteiger partial charge on any atom is 0.302 e. The Morgan fingerprint density at radius 1 is 1.00 bits per heavy atom. The molecular formula is C37H57NO2. The lowest BCUT2D eigenvalue weighted by Crippen LogP contribution is -2.59. The van der Waals surface area contributed by atoms with Crippen LogP contribution >= 0.6 is 0 Å². The zero-order valence-electron chi connectivity index (χ0n) is 26.6. The van der Waals surface area contributed by atoms with E-state index in [9.17, 15) is 4.79 Å². The smallest absolute Gasteiger partial charge is 0.302 e. The molecule has 222 valence electrons. The van der Waals surface area contributed by atoms with Gasteiger partial charge in [-0.15, -0.1) is 0 Å². The normalized spacial score (nSPS) is 37.6. The first-order valence-electron chi connectivity index (χ1n) is 16.8. The van der Waals surface area contributed by atoms with Crippen LogP contribution in [0.15, 0.2) is 42.0 Å². The molecule has 3 saturated carbocycles. The van der Waals surface area contributed by atoms with Crippen molar-refractivity contribution in [3.8, 4) is 0 Å². The number of benzene rings is 1. The highest BCUT2D eigenvalue weighted by atomic mass is 16.5. The largest absolute Gasteiger partial charge is 0.462 e. The average molecular weight is 548 g/mol. The van der Waals surface area contributed by atoms with Crippen LogP contribution in [0.1, 0.15) is 113 Å². The van der Waals surface area contributed by atoms with Crippen LogP contribution in [0.2, 0.25) is 0 Å². The Bertz CT molecular complexity index is 1050. The number of fused-ring (bicyclic) bond motifs is 5. The van der Waals surface area contributed by atoms with Crippen LogP contribution in [0.5, 0.6) is 0 Å². The number of anilines is 1. The zero-order chi connectivity index (χ0) is 28.7. The Morgan fingerprint density at radius 2 is 1.75 bits per heavy atom. The molecular weight excluding hydrogens is 490 g/mol. The van der Waals surface area contributed by atoms with E-state index < -0.39 is 0 Å². The fourth-order valence-corrected chi connectivity index (χ4v) is 10.5. The highest BCUT2D eigenvalue weighted by molar-refractivity contribution is 5.66. The standard InChI is InChI=1S/C37H57NO2/c1-8-38(29-15-10-9-11-16-29)34-24-28-23-30(40-27(5)39)19-21-36(28,6)33-20-22-37(7)31(17-18-32(37)35(33)34)26(4)14-12-13-25(2)3/h9-11,15-16,24-26,30-35H,8,12-14,17-23H2,1-7H3/t26-,30+,31+,32-,33-,34-,35-,36+,37+/m1/s1. The first-order valence-corrected chi connectivity index (χ1v) is 16.8. The first-order chi connectivity index (χ1) is 19.1. The van der Waals surface area contributed by atoms with E-state index in [0.717, 1.165) is 49.5 Å². The van der Waals surface area contributed by atoms with Crippen molar-refractivity contribution in [2.45, 2.75) is 125 Å². The fraction of sp³-hybridized carbons (Fsp3) is 0.757. The number of carbonyl (C=O) groups is 1. The van der Waals surface area contributed by atoms with Gasteiger partial charge in [0.25, 0.3) is 0 Å². The van der Waals surface area contributed by atoms with Crippen LogP contribution in [-0.2, 0) is 9.53 Å². The van der Waals surface area contributed by atoms with Gasteiger partial charge >= 0.3 is 5.97 Å². The summed E-state index contributed by atoms with van der Waals surface area (Å²) in [5.41, 5.74) is 3.61. The molecule has 0 aromatic heterocycles. The number of hydrogen-bond acceptors (Lipinski definition) is 3. The minimum absolute atomic E-state index is 0.0391. The van der Waals surface area contributed by atoms with E-state index in [0.29, 0.717) is 23.3 Å². The highest BCUT2D eigenvalue weighted by Gasteiger charge is 2.62. The van der Waals surface area contributed by atoms with E-state index in [1.165, 1.54) is 50.6 Å². The van der Waals surface area contributed by atoms with E-state index in [4.69, 9.17) is 4.74 Å². The van der Waals surface area contributed by atoms with Crippen LogP contribution in [0.25, 0.3) is 0 Å². The minimum Gasteiger partial charge on any atom is -0.462 e. The van der Waals surface area contributed by atoms with Gasteiger partial charge in [-0.05, 0) is 104 Å². The molecule has 1 aromatic rings. The van der Waals surface area contributed by atoms with Gasteiger partial charge in [-0.2, -0.15) is 0 Å². The van der Waals surface area contributed by atoms with Crippen molar-refractivity contribution in [2.75, 3.05) is 11.4 Å². The van der Waals surface area contributed by atoms with Gasteiger partial charge in [0.2, 0.25) is 0 Å². The quantitative estimate of drug-likeness (QED) is 0.228. The third kappa shape index (κ3) is 5.40. The molecule has 0 aliphatic heterocycles. The molecule has 9 atom stereocenters. The van der Waals surface area contributed by atoms with Crippen LogP contribution in [0, 0.1) is 46.3 Å².